The summed E-state index contributed by atoms with van der Waals surface area (Å²) in [4.78, 5) is 31.6. The molecule has 2 saturated heterocycles. The maximum absolute atomic E-state index is 13.6. The third-order valence-corrected chi connectivity index (χ3v) is 9.56. The Morgan fingerprint density at radius 1 is 0.929 bits per heavy atom. The first-order valence-electron chi connectivity index (χ1n) is 16.1. The Kier molecular flexibility index (Phi) is 14.1. The monoisotopic (exact) mass is 614 g/mol. The molecule has 7 nitrogen and oxygen atoms in total. The van der Waals surface area contributed by atoms with Crippen LogP contribution in [0.1, 0.15) is 121 Å². The first-order chi connectivity index (χ1) is 20.2. The predicted octanol–water partition coefficient (Wildman–Crippen LogP) is 7.56. The molecule has 1 amide bonds. The number of thiocarbonyl (C=S) groups is 1. The third kappa shape index (κ3) is 8.93. The summed E-state index contributed by atoms with van der Waals surface area (Å²) in [5.41, 5.74) is 1.23. The molecule has 2 unspecified atom stereocenters. The van der Waals surface area contributed by atoms with E-state index in [1.807, 2.05) is 26.8 Å². The number of pyridine rings is 1. The number of hydrogen-bond acceptors (Lipinski definition) is 7. The van der Waals surface area contributed by atoms with Gasteiger partial charge in [-0.2, -0.15) is 5.26 Å². The summed E-state index contributed by atoms with van der Waals surface area (Å²) in [6, 6.07) is 2.15. The number of anilines is 1. The van der Waals surface area contributed by atoms with Crippen molar-refractivity contribution in [1.29, 1.82) is 5.26 Å². The van der Waals surface area contributed by atoms with E-state index in [-0.39, 0.29) is 29.2 Å². The van der Waals surface area contributed by atoms with Gasteiger partial charge in [-0.05, 0) is 45.3 Å². The molecule has 9 heteroatoms. The Balaban J connectivity index is 1.81. The fraction of sp³-hybridized carbons (Fsp3) is 0.697. The maximum Gasteiger partial charge on any atom is 0.270 e. The number of carbonyl (C=O) groups is 1. The van der Waals surface area contributed by atoms with Crippen LogP contribution in [0.15, 0.2) is 9.70 Å². The molecular formula is C33H50N4O3S2. The van der Waals surface area contributed by atoms with E-state index >= 15 is 0 Å². The van der Waals surface area contributed by atoms with Crippen LogP contribution in [0.25, 0.3) is 6.08 Å². The lowest BCUT2D eigenvalue weighted by Crippen LogP contribution is -2.48. The minimum Gasteiger partial charge on any atom is -0.372 e. The fourth-order valence-electron chi connectivity index (χ4n) is 5.94. The number of amides is 1. The van der Waals surface area contributed by atoms with E-state index in [1.54, 1.807) is 9.47 Å². The van der Waals surface area contributed by atoms with Gasteiger partial charge in [0.05, 0.1) is 17.1 Å². The number of rotatable bonds is 16. The normalized spacial score (nSPS) is 20.1. The van der Waals surface area contributed by atoms with Gasteiger partial charge in [-0.3, -0.25) is 19.1 Å². The molecule has 0 spiro atoms. The van der Waals surface area contributed by atoms with Crippen molar-refractivity contribution in [2.45, 2.75) is 130 Å². The molecule has 0 aromatic carbocycles. The standard InChI is InChI=1S/C33H50N4O3S2/c1-6-8-10-11-12-13-14-15-16-17-19-37-32(39)29(42-33(37)41)20-27-26(5)28(21-34)31(38)36(18-9-7-2)30(27)35-22-24(3)40-25(4)23-35/h20,24-25H,6-19,22-23H2,1-5H3. The Labute approximate surface area is 262 Å². The van der Waals surface area contributed by atoms with Crippen LogP contribution in [-0.4, -0.2) is 51.5 Å². The Bertz CT molecular complexity index is 1210. The summed E-state index contributed by atoms with van der Waals surface area (Å²) in [7, 11) is 0. The van der Waals surface area contributed by atoms with Gasteiger partial charge in [0.15, 0.2) is 0 Å². The summed E-state index contributed by atoms with van der Waals surface area (Å²) < 4.78 is 8.32. The zero-order valence-electron chi connectivity index (χ0n) is 26.4. The summed E-state index contributed by atoms with van der Waals surface area (Å²) in [5, 5.41) is 9.96. The molecule has 232 valence electrons. The van der Waals surface area contributed by atoms with E-state index in [1.165, 1.54) is 63.1 Å². The van der Waals surface area contributed by atoms with Crippen molar-refractivity contribution in [1.82, 2.24) is 9.47 Å². The molecule has 0 aliphatic carbocycles. The van der Waals surface area contributed by atoms with Gasteiger partial charge in [0.2, 0.25) is 0 Å². The number of aromatic nitrogens is 1. The number of hydrogen-bond donors (Lipinski definition) is 0. The molecular weight excluding hydrogens is 565 g/mol. The van der Waals surface area contributed by atoms with Gasteiger partial charge in [-0.15, -0.1) is 0 Å². The van der Waals surface area contributed by atoms with Crippen molar-refractivity contribution >= 4 is 46.1 Å². The van der Waals surface area contributed by atoms with E-state index in [4.69, 9.17) is 17.0 Å². The largest absolute Gasteiger partial charge is 0.372 e. The summed E-state index contributed by atoms with van der Waals surface area (Å²) in [6.07, 6.45) is 16.0. The first-order valence-corrected chi connectivity index (χ1v) is 17.3. The quantitative estimate of drug-likeness (QED) is 0.108. The fourth-order valence-corrected chi connectivity index (χ4v) is 7.23. The van der Waals surface area contributed by atoms with Crippen molar-refractivity contribution in [3.05, 3.63) is 31.9 Å². The van der Waals surface area contributed by atoms with Gasteiger partial charge in [0.25, 0.3) is 11.5 Å². The zero-order valence-corrected chi connectivity index (χ0v) is 28.0. The number of carbonyl (C=O) groups excluding carboxylic acids is 1. The molecule has 2 fully saturated rings. The molecule has 0 bridgehead atoms. The van der Waals surface area contributed by atoms with E-state index in [0.717, 1.165) is 37.1 Å². The summed E-state index contributed by atoms with van der Waals surface area (Å²) in [6.45, 7) is 12.6. The van der Waals surface area contributed by atoms with Gasteiger partial charge < -0.3 is 9.64 Å². The van der Waals surface area contributed by atoms with Gasteiger partial charge in [-0.25, -0.2) is 0 Å². The van der Waals surface area contributed by atoms with Crippen LogP contribution in [0, 0.1) is 18.3 Å². The second kappa shape index (κ2) is 17.2. The van der Waals surface area contributed by atoms with Crippen molar-refractivity contribution in [2.24, 2.45) is 0 Å². The Morgan fingerprint density at radius 2 is 1.50 bits per heavy atom. The summed E-state index contributed by atoms with van der Waals surface area (Å²) in [5.74, 6) is 0.687. The number of nitriles is 1. The highest BCUT2D eigenvalue weighted by molar-refractivity contribution is 8.26. The smallest absolute Gasteiger partial charge is 0.270 e. The molecule has 2 atom stereocenters. The topological polar surface area (TPSA) is 78.6 Å². The lowest BCUT2D eigenvalue weighted by Gasteiger charge is -2.39. The lowest BCUT2D eigenvalue weighted by molar-refractivity contribution is -0.122. The van der Waals surface area contributed by atoms with Crippen LogP contribution in [0.4, 0.5) is 5.82 Å². The number of thioether (sulfide) groups is 1. The highest BCUT2D eigenvalue weighted by atomic mass is 32.2. The van der Waals surface area contributed by atoms with Crippen LogP contribution in [-0.2, 0) is 16.1 Å². The van der Waals surface area contributed by atoms with E-state index < -0.39 is 0 Å². The van der Waals surface area contributed by atoms with E-state index in [9.17, 15) is 14.9 Å². The van der Waals surface area contributed by atoms with Crippen LogP contribution in [0.5, 0.6) is 0 Å². The molecule has 0 saturated carbocycles. The number of ether oxygens (including phenoxy) is 1. The van der Waals surface area contributed by atoms with Gasteiger partial charge in [0.1, 0.15) is 21.8 Å². The molecule has 3 rings (SSSR count). The SMILES string of the molecule is CCCCCCCCCCCCN1C(=O)C(=Cc2c(C)c(C#N)c(=O)n(CCCC)c2N2CC(C)OC(C)C2)SC1=S. The first kappa shape index (κ1) is 34.3. The van der Waals surface area contributed by atoms with Crippen molar-refractivity contribution in [3.63, 3.8) is 0 Å². The van der Waals surface area contributed by atoms with Gasteiger partial charge in [0, 0.05) is 31.7 Å². The van der Waals surface area contributed by atoms with Crippen LogP contribution < -0.4 is 10.5 Å². The predicted molar refractivity (Wildman–Crippen MR) is 179 cm³/mol. The molecule has 0 N–H and O–H groups in total. The van der Waals surface area contributed by atoms with Crippen LogP contribution in [0.3, 0.4) is 0 Å². The lowest BCUT2D eigenvalue weighted by atomic mass is 10.0. The van der Waals surface area contributed by atoms with Crippen molar-refractivity contribution in [3.8, 4) is 6.07 Å². The number of nitrogens with zero attached hydrogens (tertiary/aromatic N) is 4. The highest BCUT2D eigenvalue weighted by Crippen LogP contribution is 2.36. The average molecular weight is 615 g/mol. The molecule has 42 heavy (non-hydrogen) atoms. The molecule has 2 aliphatic heterocycles. The van der Waals surface area contributed by atoms with Crippen molar-refractivity contribution < 1.29 is 9.53 Å². The third-order valence-electron chi connectivity index (χ3n) is 8.19. The second-order valence-corrected chi connectivity index (χ2v) is 13.5. The average Bonchev–Trinajstić information content (AvgIpc) is 3.21. The molecule has 0 radical (unpaired) electrons. The van der Waals surface area contributed by atoms with E-state index in [2.05, 4.69) is 24.8 Å². The minimum atomic E-state index is -0.268. The minimum absolute atomic E-state index is 0.00783. The van der Waals surface area contributed by atoms with Crippen molar-refractivity contribution in [2.75, 3.05) is 24.5 Å². The molecule has 1 aromatic heterocycles. The highest BCUT2D eigenvalue weighted by Gasteiger charge is 2.34. The van der Waals surface area contributed by atoms with Crippen LogP contribution in [0.2, 0.25) is 0 Å². The maximum atomic E-state index is 13.6. The van der Waals surface area contributed by atoms with Gasteiger partial charge in [-0.1, -0.05) is 102 Å². The Morgan fingerprint density at radius 3 is 2.07 bits per heavy atom. The zero-order chi connectivity index (χ0) is 30.6. The Hall–Kier alpha value is -2.15. The number of unbranched alkanes of at least 4 members (excludes halogenated alkanes) is 10. The molecule has 2 aliphatic rings. The molecule has 3 heterocycles. The number of morpholine rings is 1. The van der Waals surface area contributed by atoms with Gasteiger partial charge >= 0.3 is 0 Å². The summed E-state index contributed by atoms with van der Waals surface area (Å²) >= 11 is 6.97. The molecule has 1 aromatic rings. The van der Waals surface area contributed by atoms with E-state index in [0.29, 0.717) is 41.0 Å². The second-order valence-electron chi connectivity index (χ2n) is 11.8. The van der Waals surface area contributed by atoms with Crippen LogP contribution >= 0.6 is 24.0 Å².